The lowest BCUT2D eigenvalue weighted by Gasteiger charge is -2.17. The van der Waals surface area contributed by atoms with E-state index in [1.807, 2.05) is 6.07 Å². The van der Waals surface area contributed by atoms with Gasteiger partial charge in [0.1, 0.15) is 9.98 Å². The fourth-order valence-corrected chi connectivity index (χ4v) is 2.41. The molecule has 4 N–H and O–H groups in total. The zero-order valence-electron chi connectivity index (χ0n) is 11.1. The van der Waals surface area contributed by atoms with Crippen LogP contribution in [0.1, 0.15) is 42.5 Å². The first kappa shape index (κ1) is 15.5. The van der Waals surface area contributed by atoms with Crippen LogP contribution in [0.5, 0.6) is 0 Å². The molecule has 1 aromatic carbocycles. The van der Waals surface area contributed by atoms with Gasteiger partial charge in [0.05, 0.1) is 11.6 Å². The standard InChI is InChI=1S/C14H17N3S2/c1-3-8(2)6-9-4-5-10(7-15)12(14(17)19)11(9)13(16)18/h4-5,8H,3,6H2,1-2H3,(H2,16,18)(H2,17,19). The van der Waals surface area contributed by atoms with Crippen LogP contribution in [-0.2, 0) is 6.42 Å². The second-order valence-electron chi connectivity index (χ2n) is 4.58. The monoisotopic (exact) mass is 291 g/mol. The summed E-state index contributed by atoms with van der Waals surface area (Å²) in [5.74, 6) is 0.500. The Morgan fingerprint density at radius 2 is 1.84 bits per heavy atom. The molecule has 0 fully saturated rings. The molecule has 0 aromatic heterocycles. The van der Waals surface area contributed by atoms with Crippen LogP contribution < -0.4 is 11.5 Å². The van der Waals surface area contributed by atoms with Crippen LogP contribution in [-0.4, -0.2) is 9.98 Å². The lowest BCUT2D eigenvalue weighted by molar-refractivity contribution is 0.560. The molecule has 1 unspecified atom stereocenters. The number of nitriles is 1. The predicted molar refractivity (Wildman–Crippen MR) is 86.1 cm³/mol. The average Bonchev–Trinajstić information content (AvgIpc) is 2.37. The molecule has 0 spiro atoms. The molecule has 0 saturated heterocycles. The van der Waals surface area contributed by atoms with E-state index in [1.165, 1.54) is 0 Å². The Bertz CT molecular complexity index is 559. The Morgan fingerprint density at radius 3 is 2.26 bits per heavy atom. The summed E-state index contributed by atoms with van der Waals surface area (Å²) in [6, 6.07) is 5.70. The van der Waals surface area contributed by atoms with Gasteiger partial charge in [0.2, 0.25) is 0 Å². The molecule has 0 saturated carbocycles. The molecule has 3 nitrogen and oxygen atoms in total. The van der Waals surface area contributed by atoms with Gasteiger partial charge in [-0.15, -0.1) is 0 Å². The van der Waals surface area contributed by atoms with Crippen LogP contribution >= 0.6 is 24.4 Å². The van der Waals surface area contributed by atoms with Crippen LogP contribution in [0.25, 0.3) is 0 Å². The maximum atomic E-state index is 9.14. The van der Waals surface area contributed by atoms with Gasteiger partial charge in [0.25, 0.3) is 0 Å². The fraction of sp³-hybridized carbons (Fsp3) is 0.357. The fourth-order valence-electron chi connectivity index (χ4n) is 1.97. The summed E-state index contributed by atoms with van der Waals surface area (Å²) in [6.45, 7) is 4.28. The Labute approximate surface area is 124 Å². The molecule has 0 bridgehead atoms. The van der Waals surface area contributed by atoms with Crippen molar-refractivity contribution in [2.24, 2.45) is 17.4 Å². The van der Waals surface area contributed by atoms with Crippen LogP contribution in [0.2, 0.25) is 0 Å². The SMILES string of the molecule is CCC(C)Cc1ccc(C#N)c(C(N)=S)c1C(N)=S. The van der Waals surface area contributed by atoms with Crippen LogP contribution in [0.4, 0.5) is 0 Å². The highest BCUT2D eigenvalue weighted by Crippen LogP contribution is 2.23. The highest BCUT2D eigenvalue weighted by Gasteiger charge is 2.18. The van der Waals surface area contributed by atoms with E-state index in [1.54, 1.807) is 6.07 Å². The second-order valence-corrected chi connectivity index (χ2v) is 5.46. The Hall–Kier alpha value is -1.51. The molecule has 0 radical (unpaired) electrons. The van der Waals surface area contributed by atoms with E-state index in [4.69, 9.17) is 41.2 Å². The summed E-state index contributed by atoms with van der Waals surface area (Å²) < 4.78 is 0. The summed E-state index contributed by atoms with van der Waals surface area (Å²) in [7, 11) is 0. The molecule has 19 heavy (non-hydrogen) atoms. The number of benzene rings is 1. The van der Waals surface area contributed by atoms with E-state index in [2.05, 4.69) is 19.9 Å². The van der Waals surface area contributed by atoms with Gasteiger partial charge in [-0.1, -0.05) is 50.8 Å². The molecule has 0 aliphatic carbocycles. The minimum absolute atomic E-state index is 0.158. The average molecular weight is 291 g/mol. The van der Waals surface area contributed by atoms with E-state index in [9.17, 15) is 0 Å². The van der Waals surface area contributed by atoms with Crippen molar-refractivity contribution in [2.45, 2.75) is 26.7 Å². The number of nitrogens with two attached hydrogens (primary N) is 2. The van der Waals surface area contributed by atoms with Gasteiger partial charge in [-0.3, -0.25) is 0 Å². The van der Waals surface area contributed by atoms with E-state index >= 15 is 0 Å². The number of thiocarbonyl (C=S) groups is 2. The van der Waals surface area contributed by atoms with E-state index < -0.39 is 0 Å². The molecule has 1 aromatic rings. The lowest BCUT2D eigenvalue weighted by atomic mass is 9.90. The predicted octanol–water partition coefficient (Wildman–Crippen LogP) is 2.42. The normalized spacial score (nSPS) is 11.6. The van der Waals surface area contributed by atoms with Gasteiger partial charge in [0.15, 0.2) is 0 Å². The van der Waals surface area contributed by atoms with Gasteiger partial charge in [-0.25, -0.2) is 0 Å². The molecule has 0 aliphatic heterocycles. The third-order valence-corrected chi connectivity index (χ3v) is 3.58. The minimum Gasteiger partial charge on any atom is -0.389 e. The zero-order valence-corrected chi connectivity index (χ0v) is 12.7. The van der Waals surface area contributed by atoms with Crippen molar-refractivity contribution in [3.63, 3.8) is 0 Å². The first-order valence-corrected chi connectivity index (χ1v) is 6.89. The van der Waals surface area contributed by atoms with Crippen LogP contribution in [0.15, 0.2) is 12.1 Å². The molecular formula is C14H17N3S2. The smallest absolute Gasteiger partial charge is 0.106 e. The molecule has 1 atom stereocenters. The number of nitrogens with zero attached hydrogens (tertiary/aromatic N) is 1. The van der Waals surface area contributed by atoms with E-state index in [-0.39, 0.29) is 9.98 Å². The Kier molecular flexibility index (Phi) is 5.40. The van der Waals surface area contributed by atoms with Crippen molar-refractivity contribution in [2.75, 3.05) is 0 Å². The van der Waals surface area contributed by atoms with Gasteiger partial charge in [0, 0.05) is 11.1 Å². The second kappa shape index (κ2) is 6.60. The quantitative estimate of drug-likeness (QED) is 0.815. The first-order chi connectivity index (χ1) is 8.92. The zero-order chi connectivity index (χ0) is 14.6. The summed E-state index contributed by atoms with van der Waals surface area (Å²) in [5.41, 5.74) is 14.1. The summed E-state index contributed by atoms with van der Waals surface area (Å²) >= 11 is 10.1. The molecule has 0 amide bonds. The highest BCUT2D eigenvalue weighted by atomic mass is 32.1. The molecule has 0 aliphatic rings. The molecule has 5 heteroatoms. The maximum absolute atomic E-state index is 9.14. The summed E-state index contributed by atoms with van der Waals surface area (Å²) in [5, 5.41) is 9.14. The number of rotatable bonds is 5. The van der Waals surface area contributed by atoms with Crippen molar-refractivity contribution in [1.29, 1.82) is 5.26 Å². The minimum atomic E-state index is 0.158. The largest absolute Gasteiger partial charge is 0.389 e. The van der Waals surface area contributed by atoms with Crippen molar-refractivity contribution in [1.82, 2.24) is 0 Å². The van der Waals surface area contributed by atoms with Crippen molar-refractivity contribution < 1.29 is 0 Å². The highest BCUT2D eigenvalue weighted by molar-refractivity contribution is 7.81. The summed E-state index contributed by atoms with van der Waals surface area (Å²) in [4.78, 5) is 0.392. The van der Waals surface area contributed by atoms with Crippen molar-refractivity contribution in [3.8, 4) is 6.07 Å². The summed E-state index contributed by atoms with van der Waals surface area (Å²) in [6.07, 6.45) is 1.89. The van der Waals surface area contributed by atoms with Crippen molar-refractivity contribution in [3.05, 3.63) is 34.4 Å². The van der Waals surface area contributed by atoms with Gasteiger partial charge in [-0.05, 0) is 24.0 Å². The van der Waals surface area contributed by atoms with Crippen molar-refractivity contribution >= 4 is 34.4 Å². The lowest BCUT2D eigenvalue weighted by Crippen LogP contribution is -2.23. The van der Waals surface area contributed by atoms with E-state index in [0.717, 1.165) is 18.4 Å². The number of hydrogen-bond acceptors (Lipinski definition) is 3. The van der Waals surface area contributed by atoms with E-state index in [0.29, 0.717) is 22.6 Å². The molecule has 1 rings (SSSR count). The van der Waals surface area contributed by atoms with Gasteiger partial charge < -0.3 is 11.5 Å². The van der Waals surface area contributed by atoms with Gasteiger partial charge >= 0.3 is 0 Å². The Balaban J connectivity index is 3.50. The number of hydrogen-bond donors (Lipinski definition) is 2. The molecular weight excluding hydrogens is 274 g/mol. The molecule has 0 heterocycles. The first-order valence-electron chi connectivity index (χ1n) is 6.07. The molecule has 100 valence electrons. The third-order valence-electron chi connectivity index (χ3n) is 3.17. The van der Waals surface area contributed by atoms with Gasteiger partial charge in [-0.2, -0.15) is 5.26 Å². The van der Waals surface area contributed by atoms with Crippen LogP contribution in [0.3, 0.4) is 0 Å². The van der Waals surface area contributed by atoms with Crippen LogP contribution in [0, 0.1) is 17.2 Å². The maximum Gasteiger partial charge on any atom is 0.106 e. The topological polar surface area (TPSA) is 75.8 Å². The third kappa shape index (κ3) is 3.49. The Morgan fingerprint density at radius 1 is 1.26 bits per heavy atom.